The zero-order chi connectivity index (χ0) is 13.1. The van der Waals surface area contributed by atoms with Crippen LogP contribution < -0.4 is 5.32 Å². The number of H-pyrrole nitrogens is 1. The highest BCUT2D eigenvalue weighted by molar-refractivity contribution is 5.92. The van der Waals surface area contributed by atoms with E-state index in [1.165, 1.54) is 6.07 Å². The summed E-state index contributed by atoms with van der Waals surface area (Å²) in [5, 5.41) is 11.5. The molecule has 0 unspecified atom stereocenters. The van der Waals surface area contributed by atoms with Crippen molar-refractivity contribution in [3.63, 3.8) is 0 Å². The maximum atomic E-state index is 11.6. The minimum absolute atomic E-state index is 0.110. The van der Waals surface area contributed by atoms with E-state index in [9.17, 15) is 9.59 Å². The van der Waals surface area contributed by atoms with Crippen LogP contribution in [0.5, 0.6) is 0 Å². The van der Waals surface area contributed by atoms with E-state index >= 15 is 0 Å². The number of aromatic carboxylic acids is 1. The van der Waals surface area contributed by atoms with Gasteiger partial charge in [-0.15, -0.1) is 0 Å². The Balaban J connectivity index is 2.01. The molecule has 6 heteroatoms. The van der Waals surface area contributed by atoms with Gasteiger partial charge in [0.05, 0.1) is 6.54 Å². The second-order valence-electron chi connectivity index (χ2n) is 3.75. The van der Waals surface area contributed by atoms with E-state index in [2.05, 4.69) is 10.3 Å². The molecule has 2 rings (SSSR count). The number of nitrogens with one attached hydrogen (secondary N) is 2. The molecule has 1 amide bonds. The van der Waals surface area contributed by atoms with Gasteiger partial charge in [0.25, 0.3) is 5.91 Å². The predicted molar refractivity (Wildman–Crippen MR) is 62.4 cm³/mol. The molecular formula is C12H12N2O4. The third-order valence-corrected chi connectivity index (χ3v) is 2.46. The van der Waals surface area contributed by atoms with Crippen molar-refractivity contribution in [3.05, 3.63) is 47.2 Å². The van der Waals surface area contributed by atoms with Crippen molar-refractivity contribution < 1.29 is 19.1 Å². The molecule has 0 radical (unpaired) electrons. The number of hydrogen-bond acceptors (Lipinski definition) is 3. The number of rotatable bonds is 4. The normalized spacial score (nSPS) is 10.3. The summed E-state index contributed by atoms with van der Waals surface area (Å²) in [5.41, 5.74) is 0.552. The molecule has 0 aliphatic heterocycles. The first-order valence-electron chi connectivity index (χ1n) is 5.32. The van der Waals surface area contributed by atoms with Crippen LogP contribution in [0.4, 0.5) is 0 Å². The van der Waals surface area contributed by atoms with Gasteiger partial charge in [-0.3, -0.25) is 4.79 Å². The number of aryl methyl sites for hydroxylation is 1. The minimum atomic E-state index is -1.04. The van der Waals surface area contributed by atoms with E-state index in [1.807, 2.05) is 0 Å². The Hall–Kier alpha value is -2.50. The lowest BCUT2D eigenvalue weighted by atomic mass is 10.2. The fourth-order valence-electron chi connectivity index (χ4n) is 1.58. The van der Waals surface area contributed by atoms with Crippen LogP contribution in [0.25, 0.3) is 0 Å². The molecule has 0 atom stereocenters. The number of hydrogen-bond donors (Lipinski definition) is 3. The van der Waals surface area contributed by atoms with E-state index in [0.29, 0.717) is 17.2 Å². The molecule has 6 nitrogen and oxygen atoms in total. The first-order chi connectivity index (χ1) is 8.58. The Labute approximate surface area is 103 Å². The summed E-state index contributed by atoms with van der Waals surface area (Å²) in [6, 6.07) is 4.77. The van der Waals surface area contributed by atoms with Crippen LogP contribution in [0.3, 0.4) is 0 Å². The van der Waals surface area contributed by atoms with Crippen molar-refractivity contribution >= 4 is 11.9 Å². The Bertz CT molecular complexity index is 569. The Morgan fingerprint density at radius 1 is 1.50 bits per heavy atom. The maximum Gasteiger partial charge on any atom is 0.339 e. The second kappa shape index (κ2) is 4.79. The van der Waals surface area contributed by atoms with Gasteiger partial charge in [-0.05, 0) is 25.1 Å². The summed E-state index contributed by atoms with van der Waals surface area (Å²) in [5.74, 6) is -0.583. The lowest BCUT2D eigenvalue weighted by Gasteiger charge is -2.00. The van der Waals surface area contributed by atoms with Gasteiger partial charge in [-0.1, -0.05) is 0 Å². The smallest absolute Gasteiger partial charge is 0.339 e. The van der Waals surface area contributed by atoms with E-state index in [4.69, 9.17) is 9.52 Å². The number of aromatic nitrogens is 1. The standard InChI is InChI=1S/C12H12N2O4/c1-7-9(12(16)17)5-8(18-7)6-14-11(15)10-3-2-4-13-10/h2-5,13H,6H2,1H3,(H,14,15)(H,16,17). The molecule has 0 aromatic carbocycles. The molecule has 2 aromatic heterocycles. The molecule has 3 N–H and O–H groups in total. The molecular weight excluding hydrogens is 236 g/mol. The van der Waals surface area contributed by atoms with Crippen molar-refractivity contribution in [1.82, 2.24) is 10.3 Å². The van der Waals surface area contributed by atoms with Gasteiger partial charge in [-0.25, -0.2) is 4.79 Å². The molecule has 94 valence electrons. The quantitative estimate of drug-likeness (QED) is 0.764. The van der Waals surface area contributed by atoms with Gasteiger partial charge in [0.1, 0.15) is 22.8 Å². The average Bonchev–Trinajstić information content (AvgIpc) is 2.94. The fourth-order valence-corrected chi connectivity index (χ4v) is 1.58. The average molecular weight is 248 g/mol. The van der Waals surface area contributed by atoms with Gasteiger partial charge in [-0.2, -0.15) is 0 Å². The Morgan fingerprint density at radius 2 is 2.28 bits per heavy atom. The van der Waals surface area contributed by atoms with Crippen molar-refractivity contribution in [3.8, 4) is 0 Å². The molecule has 0 spiro atoms. The molecule has 2 aromatic rings. The van der Waals surface area contributed by atoms with Gasteiger partial charge >= 0.3 is 5.97 Å². The highest BCUT2D eigenvalue weighted by Crippen LogP contribution is 2.14. The lowest BCUT2D eigenvalue weighted by molar-refractivity contribution is 0.0694. The lowest BCUT2D eigenvalue weighted by Crippen LogP contribution is -2.22. The molecule has 2 heterocycles. The van der Waals surface area contributed by atoms with Gasteiger partial charge in [0.2, 0.25) is 0 Å². The highest BCUT2D eigenvalue weighted by Gasteiger charge is 2.14. The summed E-state index contributed by atoms with van der Waals surface area (Å²) < 4.78 is 5.24. The van der Waals surface area contributed by atoms with Crippen LogP contribution >= 0.6 is 0 Å². The topological polar surface area (TPSA) is 95.3 Å². The fraction of sp³-hybridized carbons (Fsp3) is 0.167. The van der Waals surface area contributed by atoms with Crippen LogP contribution in [0.1, 0.15) is 32.4 Å². The third-order valence-electron chi connectivity index (χ3n) is 2.46. The molecule has 18 heavy (non-hydrogen) atoms. The molecule has 0 saturated carbocycles. The Morgan fingerprint density at radius 3 is 2.83 bits per heavy atom. The van der Waals surface area contributed by atoms with Crippen molar-refractivity contribution in [2.24, 2.45) is 0 Å². The molecule has 0 bridgehead atoms. The number of furan rings is 1. The van der Waals surface area contributed by atoms with E-state index in [1.54, 1.807) is 25.3 Å². The van der Waals surface area contributed by atoms with Crippen molar-refractivity contribution in [2.45, 2.75) is 13.5 Å². The third kappa shape index (κ3) is 2.42. The first-order valence-corrected chi connectivity index (χ1v) is 5.32. The number of carboxylic acid groups (broad SMARTS) is 1. The van der Waals surface area contributed by atoms with E-state index in [-0.39, 0.29) is 18.0 Å². The highest BCUT2D eigenvalue weighted by atomic mass is 16.4. The second-order valence-corrected chi connectivity index (χ2v) is 3.75. The Kier molecular flexibility index (Phi) is 3.18. The van der Waals surface area contributed by atoms with Crippen molar-refractivity contribution in [1.29, 1.82) is 0 Å². The van der Waals surface area contributed by atoms with Crippen LogP contribution in [0.15, 0.2) is 28.8 Å². The predicted octanol–water partition coefficient (Wildman–Crippen LogP) is 1.54. The summed E-state index contributed by atoms with van der Waals surface area (Å²) in [4.78, 5) is 25.2. The molecule has 0 aliphatic rings. The van der Waals surface area contributed by atoms with E-state index in [0.717, 1.165) is 0 Å². The van der Waals surface area contributed by atoms with E-state index < -0.39 is 5.97 Å². The number of carboxylic acids is 1. The van der Waals surface area contributed by atoms with Crippen molar-refractivity contribution in [2.75, 3.05) is 0 Å². The van der Waals surface area contributed by atoms with Crippen LogP contribution in [-0.2, 0) is 6.54 Å². The number of carbonyl (C=O) groups excluding carboxylic acids is 1. The summed E-state index contributed by atoms with van der Waals surface area (Å²) in [7, 11) is 0. The van der Waals surface area contributed by atoms with Crippen LogP contribution in [-0.4, -0.2) is 22.0 Å². The SMILES string of the molecule is Cc1oc(CNC(=O)c2ccc[nH]2)cc1C(=O)O. The van der Waals surface area contributed by atoms with Crippen LogP contribution in [0, 0.1) is 6.92 Å². The van der Waals surface area contributed by atoms with Gasteiger partial charge < -0.3 is 19.8 Å². The molecule has 0 fully saturated rings. The summed E-state index contributed by atoms with van der Waals surface area (Å²) >= 11 is 0. The minimum Gasteiger partial charge on any atom is -0.478 e. The maximum absolute atomic E-state index is 11.6. The van der Waals surface area contributed by atoms with Gasteiger partial charge in [0, 0.05) is 6.20 Å². The molecule has 0 saturated heterocycles. The monoisotopic (exact) mass is 248 g/mol. The number of carbonyl (C=O) groups is 2. The molecule has 0 aliphatic carbocycles. The zero-order valence-corrected chi connectivity index (χ0v) is 9.69. The summed E-state index contributed by atoms with van der Waals surface area (Å²) in [6.07, 6.45) is 1.65. The largest absolute Gasteiger partial charge is 0.478 e. The zero-order valence-electron chi connectivity index (χ0n) is 9.69. The first kappa shape index (κ1) is 12.0. The summed E-state index contributed by atoms with van der Waals surface area (Å²) in [6.45, 7) is 1.71. The van der Waals surface area contributed by atoms with Gasteiger partial charge in [0.15, 0.2) is 0 Å². The number of amides is 1. The van der Waals surface area contributed by atoms with Crippen LogP contribution in [0.2, 0.25) is 0 Å². The number of aromatic amines is 1.